The summed E-state index contributed by atoms with van der Waals surface area (Å²) in [6, 6.07) is 10.2. The van der Waals surface area contributed by atoms with Crippen LogP contribution in [0.15, 0.2) is 36.4 Å². The van der Waals surface area contributed by atoms with E-state index >= 15 is 0 Å². The maximum atomic E-state index is 12.7. The van der Waals surface area contributed by atoms with Crippen molar-refractivity contribution >= 4 is 34.8 Å². The molecule has 0 saturated carbocycles. The van der Waals surface area contributed by atoms with Crippen molar-refractivity contribution in [1.29, 1.82) is 0 Å². The second kappa shape index (κ2) is 6.76. The molecule has 25 heavy (non-hydrogen) atoms. The van der Waals surface area contributed by atoms with Crippen LogP contribution < -0.4 is 15.0 Å². The summed E-state index contributed by atoms with van der Waals surface area (Å²) in [5.74, 6) is -0.0105. The SMILES string of the molecule is Cc1ccc(C)c(NC(=O)C(C)N2C(=O)COc3ccc(Cl)cc32)c1. The van der Waals surface area contributed by atoms with Gasteiger partial charge in [0.05, 0.1) is 5.69 Å². The van der Waals surface area contributed by atoms with Crippen LogP contribution in [0, 0.1) is 13.8 Å². The Kier molecular flexibility index (Phi) is 4.68. The van der Waals surface area contributed by atoms with Crippen molar-refractivity contribution < 1.29 is 14.3 Å². The summed E-state index contributed by atoms with van der Waals surface area (Å²) in [5.41, 5.74) is 3.26. The molecular formula is C19H19ClN2O3. The summed E-state index contributed by atoms with van der Waals surface area (Å²) in [5, 5.41) is 3.38. The van der Waals surface area contributed by atoms with E-state index in [1.165, 1.54) is 4.90 Å². The van der Waals surface area contributed by atoms with Crippen LogP contribution >= 0.6 is 11.6 Å². The lowest BCUT2D eigenvalue weighted by molar-refractivity contribution is -0.125. The number of halogens is 1. The number of ether oxygens (including phenoxy) is 1. The average Bonchev–Trinajstić information content (AvgIpc) is 2.57. The monoisotopic (exact) mass is 358 g/mol. The standard InChI is InChI=1S/C19H19ClN2O3/c1-11-4-5-12(2)15(8-11)21-19(24)13(3)22-16-9-14(20)6-7-17(16)25-10-18(22)23/h4-9,13H,10H2,1-3H3,(H,21,24). The lowest BCUT2D eigenvalue weighted by Gasteiger charge is -2.33. The van der Waals surface area contributed by atoms with E-state index in [0.717, 1.165) is 16.8 Å². The maximum Gasteiger partial charge on any atom is 0.265 e. The van der Waals surface area contributed by atoms with Crippen LogP contribution in [-0.2, 0) is 9.59 Å². The first kappa shape index (κ1) is 17.3. The number of amides is 2. The lowest BCUT2D eigenvalue weighted by Crippen LogP contribution is -2.49. The topological polar surface area (TPSA) is 58.6 Å². The summed E-state index contributed by atoms with van der Waals surface area (Å²) in [6.07, 6.45) is 0. The zero-order chi connectivity index (χ0) is 18.1. The van der Waals surface area contributed by atoms with Gasteiger partial charge in [-0.15, -0.1) is 0 Å². The Balaban J connectivity index is 1.88. The summed E-state index contributed by atoms with van der Waals surface area (Å²) in [6.45, 7) is 5.47. The van der Waals surface area contributed by atoms with Gasteiger partial charge in [-0.1, -0.05) is 23.7 Å². The third-order valence-electron chi connectivity index (χ3n) is 4.22. The molecule has 0 radical (unpaired) electrons. The van der Waals surface area contributed by atoms with Crippen LogP contribution in [0.1, 0.15) is 18.1 Å². The lowest BCUT2D eigenvalue weighted by atomic mass is 10.1. The number of carbonyl (C=O) groups excluding carboxylic acids is 2. The molecule has 0 fully saturated rings. The van der Waals surface area contributed by atoms with Gasteiger partial charge in [0.15, 0.2) is 6.61 Å². The number of nitrogens with zero attached hydrogens (tertiary/aromatic N) is 1. The number of rotatable bonds is 3. The summed E-state index contributed by atoms with van der Waals surface area (Å²) >= 11 is 6.05. The molecule has 2 amide bonds. The summed E-state index contributed by atoms with van der Waals surface area (Å²) in [7, 11) is 0. The second-order valence-corrected chi connectivity index (χ2v) is 6.58. The first-order valence-corrected chi connectivity index (χ1v) is 8.37. The zero-order valence-corrected chi connectivity index (χ0v) is 15.1. The third-order valence-corrected chi connectivity index (χ3v) is 4.45. The third kappa shape index (κ3) is 3.46. The summed E-state index contributed by atoms with van der Waals surface area (Å²) < 4.78 is 5.42. The van der Waals surface area contributed by atoms with E-state index in [1.54, 1.807) is 25.1 Å². The predicted octanol–water partition coefficient (Wildman–Crippen LogP) is 3.71. The minimum atomic E-state index is -0.700. The quantitative estimate of drug-likeness (QED) is 0.909. The Hall–Kier alpha value is -2.53. The number of anilines is 2. The molecule has 5 nitrogen and oxygen atoms in total. The van der Waals surface area contributed by atoms with Gasteiger partial charge in [-0.25, -0.2) is 0 Å². The largest absolute Gasteiger partial charge is 0.482 e. The minimum Gasteiger partial charge on any atom is -0.482 e. The van der Waals surface area contributed by atoms with Crippen LogP contribution in [0.5, 0.6) is 5.75 Å². The van der Waals surface area contributed by atoms with E-state index in [4.69, 9.17) is 16.3 Å². The first-order chi connectivity index (χ1) is 11.9. The van der Waals surface area contributed by atoms with E-state index in [9.17, 15) is 9.59 Å². The molecule has 1 N–H and O–H groups in total. The van der Waals surface area contributed by atoms with Gasteiger partial charge in [-0.3, -0.25) is 14.5 Å². The van der Waals surface area contributed by atoms with Crippen LogP contribution in [0.2, 0.25) is 5.02 Å². The van der Waals surface area contributed by atoms with Crippen LogP contribution in [0.25, 0.3) is 0 Å². The van der Waals surface area contributed by atoms with Gasteiger partial charge in [0.25, 0.3) is 5.91 Å². The average molecular weight is 359 g/mol. The second-order valence-electron chi connectivity index (χ2n) is 6.15. The van der Waals surface area contributed by atoms with E-state index in [-0.39, 0.29) is 18.4 Å². The van der Waals surface area contributed by atoms with E-state index < -0.39 is 6.04 Å². The smallest absolute Gasteiger partial charge is 0.265 e. The molecule has 1 heterocycles. The number of aryl methyl sites for hydroxylation is 2. The van der Waals surface area contributed by atoms with Crippen molar-refractivity contribution in [2.24, 2.45) is 0 Å². The zero-order valence-electron chi connectivity index (χ0n) is 14.3. The van der Waals surface area contributed by atoms with Gasteiger partial charge in [0, 0.05) is 10.7 Å². The number of fused-ring (bicyclic) bond motifs is 1. The number of hydrogen-bond acceptors (Lipinski definition) is 3. The Morgan fingerprint density at radius 1 is 1.24 bits per heavy atom. The molecular weight excluding hydrogens is 340 g/mol. The van der Waals surface area contributed by atoms with Gasteiger partial charge < -0.3 is 10.1 Å². The highest BCUT2D eigenvalue weighted by Gasteiger charge is 2.33. The molecule has 0 aromatic heterocycles. The van der Waals surface area contributed by atoms with Gasteiger partial charge in [0.2, 0.25) is 5.91 Å². The van der Waals surface area contributed by atoms with Crippen LogP contribution in [0.3, 0.4) is 0 Å². The Bertz CT molecular complexity index is 851. The fraction of sp³-hybridized carbons (Fsp3) is 0.263. The highest BCUT2D eigenvalue weighted by molar-refractivity contribution is 6.31. The molecule has 0 bridgehead atoms. The van der Waals surface area contributed by atoms with Crippen molar-refractivity contribution in [3.05, 3.63) is 52.5 Å². The Labute approximate surface area is 151 Å². The molecule has 1 aliphatic heterocycles. The molecule has 3 rings (SSSR count). The maximum absolute atomic E-state index is 12.7. The highest BCUT2D eigenvalue weighted by atomic mass is 35.5. The fourth-order valence-electron chi connectivity index (χ4n) is 2.79. The van der Waals surface area contributed by atoms with Crippen LogP contribution in [0.4, 0.5) is 11.4 Å². The minimum absolute atomic E-state index is 0.101. The molecule has 2 aromatic rings. The van der Waals surface area contributed by atoms with Crippen molar-refractivity contribution in [3.8, 4) is 5.75 Å². The van der Waals surface area contributed by atoms with Gasteiger partial charge in [-0.2, -0.15) is 0 Å². The van der Waals surface area contributed by atoms with Crippen molar-refractivity contribution in [3.63, 3.8) is 0 Å². The number of carbonyl (C=O) groups is 2. The fourth-order valence-corrected chi connectivity index (χ4v) is 2.96. The van der Waals surface area contributed by atoms with Gasteiger partial charge >= 0.3 is 0 Å². The molecule has 0 spiro atoms. The summed E-state index contributed by atoms with van der Waals surface area (Å²) in [4.78, 5) is 26.5. The molecule has 0 aliphatic carbocycles. The Morgan fingerprint density at radius 2 is 2.00 bits per heavy atom. The van der Waals surface area contributed by atoms with E-state index in [0.29, 0.717) is 16.5 Å². The number of hydrogen-bond donors (Lipinski definition) is 1. The normalized spacial score (nSPS) is 14.6. The van der Waals surface area contributed by atoms with Crippen molar-refractivity contribution in [1.82, 2.24) is 0 Å². The van der Waals surface area contributed by atoms with Gasteiger partial charge in [0.1, 0.15) is 11.8 Å². The molecule has 0 saturated heterocycles. The first-order valence-electron chi connectivity index (χ1n) is 7.99. The molecule has 1 atom stereocenters. The highest BCUT2D eigenvalue weighted by Crippen LogP contribution is 2.35. The molecule has 2 aromatic carbocycles. The van der Waals surface area contributed by atoms with Crippen molar-refractivity contribution in [2.45, 2.75) is 26.8 Å². The molecule has 1 unspecified atom stereocenters. The molecule has 130 valence electrons. The van der Waals surface area contributed by atoms with E-state index in [2.05, 4.69) is 5.32 Å². The molecule has 1 aliphatic rings. The van der Waals surface area contributed by atoms with Crippen LogP contribution in [-0.4, -0.2) is 24.5 Å². The molecule has 6 heteroatoms. The van der Waals surface area contributed by atoms with Crippen molar-refractivity contribution in [2.75, 3.05) is 16.8 Å². The van der Waals surface area contributed by atoms with Gasteiger partial charge in [-0.05, 0) is 56.2 Å². The predicted molar refractivity (Wildman–Crippen MR) is 98.4 cm³/mol. The Morgan fingerprint density at radius 3 is 2.76 bits per heavy atom. The number of benzene rings is 2. The number of nitrogens with one attached hydrogen (secondary N) is 1. The van der Waals surface area contributed by atoms with E-state index in [1.807, 2.05) is 32.0 Å².